The number of aromatic nitrogens is 2. The average Bonchev–Trinajstić information content (AvgIpc) is 2.81. The van der Waals surface area contributed by atoms with E-state index in [4.69, 9.17) is 9.47 Å². The van der Waals surface area contributed by atoms with Crippen molar-refractivity contribution in [2.45, 2.75) is 43.5 Å². The lowest BCUT2D eigenvalue weighted by atomic mass is 9.86. The molecule has 0 aliphatic carbocycles. The lowest BCUT2D eigenvalue weighted by Gasteiger charge is -2.26. The Kier molecular flexibility index (Phi) is 7.03. The third-order valence-electron chi connectivity index (χ3n) is 5.48. The van der Waals surface area contributed by atoms with Crippen molar-refractivity contribution in [2.24, 2.45) is 0 Å². The van der Waals surface area contributed by atoms with Crippen molar-refractivity contribution in [3.05, 3.63) is 75.1 Å². The largest absolute Gasteiger partial charge is 0.493 e. The van der Waals surface area contributed by atoms with E-state index in [9.17, 15) is 9.59 Å². The first-order valence-electron chi connectivity index (χ1n) is 10.9. The Morgan fingerprint density at radius 3 is 2.67 bits per heavy atom. The summed E-state index contributed by atoms with van der Waals surface area (Å²) >= 11 is 1.42. The Balaban J connectivity index is 1.69. The van der Waals surface area contributed by atoms with Crippen molar-refractivity contribution in [3.8, 4) is 11.5 Å². The van der Waals surface area contributed by atoms with Gasteiger partial charge in [-0.3, -0.25) is 9.59 Å². The molecule has 0 radical (unpaired) electrons. The number of para-hydroxylation sites is 1. The number of hydrogen-bond acceptors (Lipinski definition) is 6. The molecule has 1 atom stereocenters. The summed E-state index contributed by atoms with van der Waals surface area (Å²) in [5, 5.41) is 3.25. The van der Waals surface area contributed by atoms with Crippen LogP contribution >= 0.6 is 11.8 Å². The molecule has 2 aromatic carbocycles. The van der Waals surface area contributed by atoms with Gasteiger partial charge in [0, 0.05) is 23.7 Å². The van der Waals surface area contributed by atoms with Crippen LogP contribution in [0.25, 0.3) is 0 Å². The predicted molar refractivity (Wildman–Crippen MR) is 129 cm³/mol. The molecule has 8 heteroatoms. The van der Waals surface area contributed by atoms with Crippen LogP contribution in [0.15, 0.2) is 52.4 Å². The lowest BCUT2D eigenvalue weighted by molar-refractivity contribution is -0.116. The van der Waals surface area contributed by atoms with Crippen LogP contribution in [0.1, 0.15) is 47.9 Å². The molecule has 1 amide bonds. The summed E-state index contributed by atoms with van der Waals surface area (Å²) < 4.78 is 11.5. The second kappa shape index (κ2) is 10.1. The number of amides is 1. The fraction of sp³-hybridized carbons (Fsp3) is 0.320. The van der Waals surface area contributed by atoms with Gasteiger partial charge in [-0.15, -0.1) is 0 Å². The molecular formula is C25H27N3O4S. The Morgan fingerprint density at radius 2 is 1.94 bits per heavy atom. The van der Waals surface area contributed by atoms with Gasteiger partial charge < -0.3 is 19.8 Å². The number of aryl methyl sites for hydroxylation is 1. The van der Waals surface area contributed by atoms with Crippen molar-refractivity contribution in [3.63, 3.8) is 0 Å². The normalized spacial score (nSPS) is 15.0. The minimum atomic E-state index is -0.483. The minimum Gasteiger partial charge on any atom is -0.493 e. The number of rotatable bonds is 8. The number of thioether (sulfide) groups is 1. The molecule has 4 rings (SSSR count). The molecule has 3 aromatic rings. The fourth-order valence-corrected chi connectivity index (χ4v) is 4.66. The molecule has 33 heavy (non-hydrogen) atoms. The number of fused-ring (bicyclic) bond motifs is 1. The first-order chi connectivity index (χ1) is 16.0. The molecule has 2 N–H and O–H groups in total. The minimum absolute atomic E-state index is 0.128. The van der Waals surface area contributed by atoms with E-state index in [-0.39, 0.29) is 17.9 Å². The first-order valence-corrected chi connectivity index (χ1v) is 11.9. The summed E-state index contributed by atoms with van der Waals surface area (Å²) in [7, 11) is 1.57. The number of benzene rings is 2. The standard InChI is InChI=1S/C25H27N3O4S/c1-4-12-32-22-17(6-5-7-19(22)31-3)18-13-20(29)26-23-21(18)24(30)28-25(27-23)33-14-16-10-8-15(2)9-11-16/h5-11,18H,4,12-14H2,1-3H3,(H2,26,27,28,29,30)/t18-/m1/s1. The molecule has 0 spiro atoms. The van der Waals surface area contributed by atoms with Crippen molar-refractivity contribution < 1.29 is 14.3 Å². The van der Waals surface area contributed by atoms with Crippen molar-refractivity contribution in [2.75, 3.05) is 19.0 Å². The molecule has 1 aliphatic heterocycles. The summed E-state index contributed by atoms with van der Waals surface area (Å²) in [4.78, 5) is 33.2. The summed E-state index contributed by atoms with van der Waals surface area (Å²) in [5.74, 6) is 1.42. The van der Waals surface area contributed by atoms with Crippen LogP contribution < -0.4 is 20.3 Å². The van der Waals surface area contributed by atoms with Crippen LogP contribution in [0.5, 0.6) is 11.5 Å². The maximum Gasteiger partial charge on any atom is 0.257 e. The molecule has 0 unspecified atom stereocenters. The third kappa shape index (κ3) is 5.06. The van der Waals surface area contributed by atoms with Crippen LogP contribution in [-0.4, -0.2) is 29.6 Å². The highest BCUT2D eigenvalue weighted by atomic mass is 32.2. The number of ether oxygens (including phenoxy) is 2. The van der Waals surface area contributed by atoms with Gasteiger partial charge in [0.15, 0.2) is 16.7 Å². The van der Waals surface area contributed by atoms with Gasteiger partial charge in [0.1, 0.15) is 5.82 Å². The van der Waals surface area contributed by atoms with E-state index >= 15 is 0 Å². The van der Waals surface area contributed by atoms with E-state index < -0.39 is 5.92 Å². The van der Waals surface area contributed by atoms with Gasteiger partial charge in [0.25, 0.3) is 5.56 Å². The molecule has 0 fully saturated rings. The van der Waals surface area contributed by atoms with E-state index in [0.29, 0.717) is 40.4 Å². The number of methoxy groups -OCH3 is 1. The molecule has 2 heterocycles. The third-order valence-corrected chi connectivity index (χ3v) is 6.43. The Bertz CT molecular complexity index is 1210. The molecule has 1 aliphatic rings. The van der Waals surface area contributed by atoms with Crippen LogP contribution in [-0.2, 0) is 10.5 Å². The van der Waals surface area contributed by atoms with Crippen LogP contribution in [0.3, 0.4) is 0 Å². The van der Waals surface area contributed by atoms with E-state index in [2.05, 4.69) is 39.6 Å². The highest BCUT2D eigenvalue weighted by Gasteiger charge is 2.33. The molecular weight excluding hydrogens is 438 g/mol. The SMILES string of the molecule is CCCOc1c(OC)cccc1[C@H]1CC(=O)Nc2nc(SCc3ccc(C)cc3)[nH]c(=O)c21. The van der Waals surface area contributed by atoms with Gasteiger partial charge >= 0.3 is 0 Å². The molecule has 1 aromatic heterocycles. The Hall–Kier alpha value is -3.26. The average molecular weight is 466 g/mol. The van der Waals surface area contributed by atoms with Gasteiger partial charge in [-0.25, -0.2) is 4.98 Å². The smallest absolute Gasteiger partial charge is 0.257 e. The van der Waals surface area contributed by atoms with E-state index in [1.807, 2.05) is 32.0 Å². The highest BCUT2D eigenvalue weighted by molar-refractivity contribution is 7.98. The van der Waals surface area contributed by atoms with Crippen molar-refractivity contribution >= 4 is 23.5 Å². The zero-order chi connectivity index (χ0) is 23.4. The molecule has 0 saturated carbocycles. The number of anilines is 1. The second-order valence-electron chi connectivity index (χ2n) is 7.94. The number of carbonyl (C=O) groups is 1. The van der Waals surface area contributed by atoms with Crippen LogP contribution in [0, 0.1) is 6.92 Å². The number of aromatic amines is 1. The Labute approximate surface area is 196 Å². The van der Waals surface area contributed by atoms with Gasteiger partial charge in [-0.05, 0) is 25.0 Å². The number of H-pyrrole nitrogens is 1. The highest BCUT2D eigenvalue weighted by Crippen LogP contribution is 2.42. The first kappa shape index (κ1) is 22.9. The second-order valence-corrected chi connectivity index (χ2v) is 8.90. The summed E-state index contributed by atoms with van der Waals surface area (Å²) in [6, 6.07) is 13.7. The van der Waals surface area contributed by atoms with Gasteiger partial charge in [-0.2, -0.15) is 0 Å². The maximum absolute atomic E-state index is 13.2. The predicted octanol–water partition coefficient (Wildman–Crippen LogP) is 4.64. The molecule has 0 saturated heterocycles. The van der Waals surface area contributed by atoms with E-state index in [1.54, 1.807) is 7.11 Å². The van der Waals surface area contributed by atoms with Crippen LogP contribution in [0.4, 0.5) is 5.82 Å². The van der Waals surface area contributed by atoms with Crippen molar-refractivity contribution in [1.82, 2.24) is 9.97 Å². The lowest BCUT2D eigenvalue weighted by Crippen LogP contribution is -2.31. The fourth-order valence-electron chi connectivity index (χ4n) is 3.85. The van der Waals surface area contributed by atoms with Crippen LogP contribution in [0.2, 0.25) is 0 Å². The zero-order valence-electron chi connectivity index (χ0n) is 18.9. The molecule has 7 nitrogen and oxygen atoms in total. The molecule has 172 valence electrons. The number of hydrogen-bond donors (Lipinski definition) is 2. The van der Waals surface area contributed by atoms with E-state index in [1.165, 1.54) is 17.3 Å². The molecule has 0 bridgehead atoms. The summed E-state index contributed by atoms with van der Waals surface area (Å²) in [6.45, 7) is 4.56. The van der Waals surface area contributed by atoms with E-state index in [0.717, 1.165) is 17.5 Å². The van der Waals surface area contributed by atoms with Gasteiger partial charge in [0.2, 0.25) is 5.91 Å². The zero-order valence-corrected chi connectivity index (χ0v) is 19.8. The Morgan fingerprint density at radius 1 is 1.15 bits per heavy atom. The summed E-state index contributed by atoms with van der Waals surface area (Å²) in [5.41, 5.74) is 3.23. The topological polar surface area (TPSA) is 93.3 Å². The van der Waals surface area contributed by atoms with Gasteiger partial charge in [-0.1, -0.05) is 60.6 Å². The number of nitrogens with zero attached hydrogens (tertiary/aromatic N) is 1. The summed E-state index contributed by atoms with van der Waals surface area (Å²) in [6.07, 6.45) is 0.951. The van der Waals surface area contributed by atoms with Gasteiger partial charge in [0.05, 0.1) is 19.3 Å². The quantitative estimate of drug-likeness (QED) is 0.372. The monoisotopic (exact) mass is 465 g/mol. The van der Waals surface area contributed by atoms with Crippen molar-refractivity contribution in [1.29, 1.82) is 0 Å². The number of carbonyl (C=O) groups excluding carboxylic acids is 1. The maximum atomic E-state index is 13.2. The number of nitrogens with one attached hydrogen (secondary N) is 2.